The van der Waals surface area contributed by atoms with Gasteiger partial charge < -0.3 is 19.7 Å². The summed E-state index contributed by atoms with van der Waals surface area (Å²) in [5, 5.41) is 18.4. The summed E-state index contributed by atoms with van der Waals surface area (Å²) in [6, 6.07) is 2.90. The average molecular weight is 240 g/mol. The summed E-state index contributed by atoms with van der Waals surface area (Å²) in [6.45, 7) is 0.0532. The fourth-order valence-electron chi connectivity index (χ4n) is 1.54. The van der Waals surface area contributed by atoms with E-state index >= 15 is 0 Å². The molecule has 1 aromatic carbocycles. The monoisotopic (exact) mass is 240 g/mol. The predicted molar refractivity (Wildman–Crippen MR) is 61.4 cm³/mol. The topological polar surface area (TPSA) is 76.0 Å². The van der Waals surface area contributed by atoms with E-state index in [0.717, 1.165) is 5.56 Å². The second kappa shape index (κ2) is 6.10. The summed E-state index contributed by atoms with van der Waals surface area (Å²) in [5.41, 5.74) is 0.848. The molecule has 5 heteroatoms. The molecule has 0 amide bonds. The lowest BCUT2D eigenvalue weighted by Crippen LogP contribution is -2.04. The van der Waals surface area contributed by atoms with E-state index in [2.05, 4.69) is 4.74 Å². The third-order valence-electron chi connectivity index (χ3n) is 2.41. The van der Waals surface area contributed by atoms with Crippen LogP contribution in [0.5, 0.6) is 11.5 Å². The van der Waals surface area contributed by atoms with Crippen molar-refractivity contribution < 1.29 is 24.5 Å². The van der Waals surface area contributed by atoms with E-state index in [1.54, 1.807) is 0 Å². The third kappa shape index (κ3) is 3.10. The van der Waals surface area contributed by atoms with Crippen LogP contribution in [0.2, 0.25) is 0 Å². The Balaban J connectivity index is 3.12. The number of aryl methyl sites for hydroxylation is 1. The molecule has 0 aliphatic rings. The molecule has 94 valence electrons. The smallest absolute Gasteiger partial charge is 0.341 e. The van der Waals surface area contributed by atoms with Gasteiger partial charge in [-0.05, 0) is 24.5 Å². The molecular formula is C12H16O5. The highest BCUT2D eigenvalue weighted by molar-refractivity contribution is 5.92. The van der Waals surface area contributed by atoms with Gasteiger partial charge in [0.1, 0.15) is 17.1 Å². The van der Waals surface area contributed by atoms with E-state index < -0.39 is 5.97 Å². The first-order valence-corrected chi connectivity index (χ1v) is 5.23. The first-order valence-electron chi connectivity index (χ1n) is 5.23. The lowest BCUT2D eigenvalue weighted by Gasteiger charge is -2.11. The number of ether oxygens (including phenoxy) is 2. The number of aromatic hydroxyl groups is 1. The molecule has 5 nitrogen and oxygen atoms in total. The molecule has 0 atom stereocenters. The molecule has 0 saturated heterocycles. The van der Waals surface area contributed by atoms with E-state index in [1.807, 2.05) is 0 Å². The molecule has 0 fully saturated rings. The Morgan fingerprint density at radius 3 is 2.59 bits per heavy atom. The van der Waals surface area contributed by atoms with Gasteiger partial charge in [-0.2, -0.15) is 0 Å². The number of aliphatic hydroxyl groups is 1. The molecule has 0 radical (unpaired) electrons. The Labute approximate surface area is 99.6 Å². The molecule has 2 N–H and O–H groups in total. The van der Waals surface area contributed by atoms with Crippen molar-refractivity contribution in [3.63, 3.8) is 0 Å². The van der Waals surface area contributed by atoms with Gasteiger partial charge in [0.05, 0.1) is 14.2 Å². The highest BCUT2D eigenvalue weighted by atomic mass is 16.5. The number of esters is 1. The van der Waals surface area contributed by atoms with Gasteiger partial charge in [0.25, 0.3) is 0 Å². The lowest BCUT2D eigenvalue weighted by molar-refractivity contribution is 0.0597. The molecule has 17 heavy (non-hydrogen) atoms. The maximum atomic E-state index is 11.4. The van der Waals surface area contributed by atoms with Gasteiger partial charge >= 0.3 is 5.97 Å². The van der Waals surface area contributed by atoms with Crippen LogP contribution in [0.3, 0.4) is 0 Å². The minimum absolute atomic E-state index is 0.0532. The predicted octanol–water partition coefficient (Wildman–Crippen LogP) is 1.11. The van der Waals surface area contributed by atoms with Crippen molar-refractivity contribution in [2.24, 2.45) is 0 Å². The second-order valence-corrected chi connectivity index (χ2v) is 3.50. The van der Waals surface area contributed by atoms with Gasteiger partial charge in [0, 0.05) is 12.7 Å². The van der Waals surface area contributed by atoms with E-state index in [-0.39, 0.29) is 17.9 Å². The van der Waals surface area contributed by atoms with E-state index in [0.29, 0.717) is 18.6 Å². The minimum Gasteiger partial charge on any atom is -0.507 e. The lowest BCUT2D eigenvalue weighted by atomic mass is 10.0. The SMILES string of the molecule is COC(=O)c1cc(CCCO)c(OC)cc1O. The van der Waals surface area contributed by atoms with Crippen LogP contribution in [0, 0.1) is 0 Å². The van der Waals surface area contributed by atoms with Crippen LogP contribution in [0.25, 0.3) is 0 Å². The Morgan fingerprint density at radius 1 is 1.35 bits per heavy atom. The molecule has 1 aromatic rings. The zero-order valence-electron chi connectivity index (χ0n) is 9.90. The molecule has 0 aliphatic carbocycles. The molecule has 0 heterocycles. The molecule has 0 aromatic heterocycles. The minimum atomic E-state index is -0.601. The maximum absolute atomic E-state index is 11.4. The number of aliphatic hydroxyl groups excluding tert-OH is 1. The first kappa shape index (κ1) is 13.3. The largest absolute Gasteiger partial charge is 0.507 e. The molecule has 0 spiro atoms. The van der Waals surface area contributed by atoms with Crippen LogP contribution in [-0.2, 0) is 11.2 Å². The summed E-state index contributed by atoms with van der Waals surface area (Å²) in [4.78, 5) is 11.4. The van der Waals surface area contributed by atoms with Crippen molar-refractivity contribution in [1.29, 1.82) is 0 Å². The molecule has 0 unspecified atom stereocenters. The summed E-state index contributed by atoms with van der Waals surface area (Å²) >= 11 is 0. The van der Waals surface area contributed by atoms with Gasteiger partial charge in [0.2, 0.25) is 0 Å². The van der Waals surface area contributed by atoms with E-state index in [9.17, 15) is 9.90 Å². The normalized spacial score (nSPS) is 10.1. The number of methoxy groups -OCH3 is 2. The number of hydrogen-bond acceptors (Lipinski definition) is 5. The number of carbonyl (C=O) groups excluding carboxylic acids is 1. The average Bonchev–Trinajstić information content (AvgIpc) is 2.35. The van der Waals surface area contributed by atoms with Crippen molar-refractivity contribution in [1.82, 2.24) is 0 Å². The first-order chi connectivity index (χ1) is 8.13. The van der Waals surface area contributed by atoms with Crippen LogP contribution in [0.15, 0.2) is 12.1 Å². The van der Waals surface area contributed by atoms with Crippen molar-refractivity contribution >= 4 is 5.97 Å². The van der Waals surface area contributed by atoms with Crippen molar-refractivity contribution in [3.8, 4) is 11.5 Å². The molecular weight excluding hydrogens is 224 g/mol. The van der Waals surface area contributed by atoms with Crippen LogP contribution in [0.1, 0.15) is 22.3 Å². The van der Waals surface area contributed by atoms with Gasteiger partial charge in [0.15, 0.2) is 0 Å². The van der Waals surface area contributed by atoms with E-state index in [4.69, 9.17) is 9.84 Å². The zero-order chi connectivity index (χ0) is 12.8. The molecule has 0 aliphatic heterocycles. The fourth-order valence-corrected chi connectivity index (χ4v) is 1.54. The quantitative estimate of drug-likeness (QED) is 0.754. The highest BCUT2D eigenvalue weighted by Crippen LogP contribution is 2.29. The Bertz CT molecular complexity index is 400. The van der Waals surface area contributed by atoms with Crippen LogP contribution in [0.4, 0.5) is 0 Å². The van der Waals surface area contributed by atoms with Crippen LogP contribution < -0.4 is 4.74 Å². The number of benzene rings is 1. The number of carbonyl (C=O) groups is 1. The summed E-state index contributed by atoms with van der Waals surface area (Å²) < 4.78 is 9.66. The summed E-state index contributed by atoms with van der Waals surface area (Å²) in [5.74, 6) is -0.291. The van der Waals surface area contributed by atoms with Crippen LogP contribution >= 0.6 is 0 Å². The Hall–Kier alpha value is -1.75. The van der Waals surface area contributed by atoms with Gasteiger partial charge in [-0.1, -0.05) is 0 Å². The van der Waals surface area contributed by atoms with Gasteiger partial charge in [-0.25, -0.2) is 4.79 Å². The molecule has 1 rings (SSSR count). The number of phenols is 1. The highest BCUT2D eigenvalue weighted by Gasteiger charge is 2.15. The van der Waals surface area contributed by atoms with Crippen molar-refractivity contribution in [2.45, 2.75) is 12.8 Å². The second-order valence-electron chi connectivity index (χ2n) is 3.50. The van der Waals surface area contributed by atoms with Crippen LogP contribution in [-0.4, -0.2) is 37.0 Å². The number of hydrogen-bond donors (Lipinski definition) is 2. The van der Waals surface area contributed by atoms with Gasteiger partial charge in [-0.15, -0.1) is 0 Å². The molecule has 0 saturated carbocycles. The Kier molecular flexibility index (Phi) is 4.78. The summed E-state index contributed by atoms with van der Waals surface area (Å²) in [7, 11) is 2.73. The number of rotatable bonds is 5. The zero-order valence-corrected chi connectivity index (χ0v) is 9.90. The maximum Gasteiger partial charge on any atom is 0.341 e. The summed E-state index contributed by atoms with van der Waals surface area (Å²) in [6.07, 6.45) is 1.12. The number of phenolic OH excluding ortho intramolecular Hbond substituents is 1. The fraction of sp³-hybridized carbons (Fsp3) is 0.417. The van der Waals surface area contributed by atoms with Crippen molar-refractivity contribution in [3.05, 3.63) is 23.3 Å². The molecule has 0 bridgehead atoms. The van der Waals surface area contributed by atoms with Crippen molar-refractivity contribution in [2.75, 3.05) is 20.8 Å². The van der Waals surface area contributed by atoms with Gasteiger partial charge in [-0.3, -0.25) is 0 Å². The van der Waals surface area contributed by atoms with E-state index in [1.165, 1.54) is 26.4 Å². The standard InChI is InChI=1S/C12H16O5/c1-16-11-7-10(14)9(12(15)17-2)6-8(11)4-3-5-13/h6-7,13-14H,3-5H2,1-2H3. The Morgan fingerprint density at radius 2 is 2.06 bits per heavy atom. The third-order valence-corrected chi connectivity index (χ3v) is 2.41.